The lowest BCUT2D eigenvalue weighted by Gasteiger charge is -2.37. The van der Waals surface area contributed by atoms with Gasteiger partial charge in [0.25, 0.3) is 0 Å². The lowest BCUT2D eigenvalue weighted by Crippen LogP contribution is -2.50. The van der Waals surface area contributed by atoms with Gasteiger partial charge in [-0.15, -0.1) is 0 Å². The number of carbonyl (C=O) groups excluding carboxylic acids is 1. The van der Waals surface area contributed by atoms with Gasteiger partial charge in [-0.1, -0.05) is 18.2 Å². The van der Waals surface area contributed by atoms with E-state index < -0.39 is 5.72 Å². The van der Waals surface area contributed by atoms with Crippen molar-refractivity contribution < 1.29 is 9.53 Å². The Labute approximate surface area is 95.0 Å². The molecule has 2 heterocycles. The van der Waals surface area contributed by atoms with Gasteiger partial charge >= 0.3 is 5.97 Å². The smallest absolute Gasteiger partial charge is 0.309 e. The van der Waals surface area contributed by atoms with Crippen LogP contribution < -0.4 is 4.90 Å². The third-order valence-electron chi connectivity index (χ3n) is 4.33. The van der Waals surface area contributed by atoms with Crippen molar-refractivity contribution in [1.82, 2.24) is 0 Å². The maximum absolute atomic E-state index is 11.6. The van der Waals surface area contributed by atoms with Crippen molar-refractivity contribution >= 4 is 11.7 Å². The van der Waals surface area contributed by atoms with Crippen molar-refractivity contribution in [2.24, 2.45) is 0 Å². The number of benzene rings is 1. The standard InChI is InChI=1S/C13H15NO2/c1-12-8-11(15)16-13(12,2)14(3)10-7-5-4-6-9(10)12/h4-7H,8H2,1-3H3/t12-,13-/m1/s1. The number of hydrogen-bond acceptors (Lipinski definition) is 3. The van der Waals surface area contributed by atoms with Gasteiger partial charge in [0.05, 0.1) is 11.8 Å². The van der Waals surface area contributed by atoms with Gasteiger partial charge < -0.3 is 9.64 Å². The van der Waals surface area contributed by atoms with Gasteiger partial charge in [-0.3, -0.25) is 4.79 Å². The first kappa shape index (κ1) is 9.70. The number of carbonyl (C=O) groups is 1. The molecule has 0 radical (unpaired) electrons. The number of anilines is 1. The van der Waals surface area contributed by atoms with Gasteiger partial charge in [0.15, 0.2) is 5.72 Å². The summed E-state index contributed by atoms with van der Waals surface area (Å²) in [5.74, 6) is -0.105. The highest BCUT2D eigenvalue weighted by molar-refractivity contribution is 5.81. The Hall–Kier alpha value is -1.51. The topological polar surface area (TPSA) is 29.5 Å². The summed E-state index contributed by atoms with van der Waals surface area (Å²) in [7, 11) is 1.99. The summed E-state index contributed by atoms with van der Waals surface area (Å²) in [6.07, 6.45) is 0.463. The summed E-state index contributed by atoms with van der Waals surface area (Å²) in [6, 6.07) is 8.22. The molecule has 0 amide bonds. The molecule has 0 unspecified atom stereocenters. The molecule has 3 heteroatoms. The Bertz CT molecular complexity index is 485. The van der Waals surface area contributed by atoms with Crippen molar-refractivity contribution in [3.8, 4) is 0 Å². The highest BCUT2D eigenvalue weighted by atomic mass is 16.6. The van der Waals surface area contributed by atoms with E-state index in [1.54, 1.807) is 0 Å². The second-order valence-electron chi connectivity index (χ2n) is 5.04. The number of rotatable bonds is 0. The highest BCUT2D eigenvalue weighted by Gasteiger charge is 2.63. The van der Waals surface area contributed by atoms with E-state index in [9.17, 15) is 4.79 Å². The Morgan fingerprint density at radius 3 is 2.75 bits per heavy atom. The van der Waals surface area contributed by atoms with Crippen LogP contribution in [0.2, 0.25) is 0 Å². The molecule has 2 atom stereocenters. The quantitative estimate of drug-likeness (QED) is 0.623. The van der Waals surface area contributed by atoms with E-state index in [-0.39, 0.29) is 11.4 Å². The SMILES string of the molecule is CN1c2ccccc2[C@@]2(C)CC(=O)O[C@@]12C. The van der Waals surface area contributed by atoms with E-state index in [1.807, 2.05) is 26.1 Å². The highest BCUT2D eigenvalue weighted by Crippen LogP contribution is 2.56. The molecule has 1 fully saturated rings. The van der Waals surface area contributed by atoms with Crippen LogP contribution in [-0.4, -0.2) is 18.7 Å². The average molecular weight is 217 g/mol. The van der Waals surface area contributed by atoms with Crippen molar-refractivity contribution in [3.63, 3.8) is 0 Å². The fraction of sp³-hybridized carbons (Fsp3) is 0.462. The summed E-state index contributed by atoms with van der Waals surface area (Å²) in [6.45, 7) is 4.11. The second-order valence-corrected chi connectivity index (χ2v) is 5.04. The van der Waals surface area contributed by atoms with Crippen molar-refractivity contribution in [2.75, 3.05) is 11.9 Å². The van der Waals surface area contributed by atoms with Gasteiger partial charge in [-0.25, -0.2) is 0 Å². The maximum Gasteiger partial charge on any atom is 0.309 e. The normalized spacial score (nSPS) is 35.9. The molecule has 0 saturated carbocycles. The molecule has 2 aliphatic heterocycles. The molecule has 0 bridgehead atoms. The maximum atomic E-state index is 11.6. The summed E-state index contributed by atoms with van der Waals surface area (Å²) >= 11 is 0. The predicted octanol–water partition coefficient (Wildman–Crippen LogP) is 2.06. The van der Waals surface area contributed by atoms with Crippen LogP contribution in [0.4, 0.5) is 5.69 Å². The number of ether oxygens (including phenoxy) is 1. The van der Waals surface area contributed by atoms with Crippen molar-refractivity contribution in [1.29, 1.82) is 0 Å². The first-order chi connectivity index (χ1) is 7.49. The van der Waals surface area contributed by atoms with Crippen molar-refractivity contribution in [3.05, 3.63) is 29.8 Å². The second kappa shape index (κ2) is 2.59. The van der Waals surface area contributed by atoms with Crippen LogP contribution in [0.25, 0.3) is 0 Å². The molecule has 1 aromatic carbocycles. The monoisotopic (exact) mass is 217 g/mol. The van der Waals surface area contributed by atoms with Crippen LogP contribution in [0.15, 0.2) is 24.3 Å². The molecule has 3 rings (SSSR count). The third kappa shape index (κ3) is 0.833. The van der Waals surface area contributed by atoms with Gasteiger partial charge in [-0.05, 0) is 25.5 Å². The van der Waals surface area contributed by atoms with Crippen LogP contribution in [0.1, 0.15) is 25.8 Å². The number of nitrogens with zero attached hydrogens (tertiary/aromatic N) is 1. The molecule has 16 heavy (non-hydrogen) atoms. The molecular weight excluding hydrogens is 202 g/mol. The largest absolute Gasteiger partial charge is 0.438 e. The summed E-state index contributed by atoms with van der Waals surface area (Å²) in [5.41, 5.74) is 1.62. The Morgan fingerprint density at radius 1 is 1.31 bits per heavy atom. The van der Waals surface area contributed by atoms with Gasteiger partial charge in [0.2, 0.25) is 0 Å². The number of fused-ring (bicyclic) bond motifs is 3. The molecular formula is C13H15NO2. The van der Waals surface area contributed by atoms with E-state index in [4.69, 9.17) is 4.74 Å². The minimum atomic E-state index is -0.534. The van der Waals surface area contributed by atoms with E-state index in [0.29, 0.717) is 6.42 Å². The molecule has 1 aromatic rings. The molecule has 2 aliphatic rings. The van der Waals surface area contributed by atoms with Crippen LogP contribution in [0, 0.1) is 0 Å². The van der Waals surface area contributed by atoms with Crippen LogP contribution in [0.5, 0.6) is 0 Å². The number of likely N-dealkylation sites (N-methyl/N-ethyl adjacent to an activating group) is 1. The van der Waals surface area contributed by atoms with Gasteiger partial charge in [0.1, 0.15) is 0 Å². The zero-order valence-corrected chi connectivity index (χ0v) is 9.78. The molecule has 0 aromatic heterocycles. The van der Waals surface area contributed by atoms with Gasteiger partial charge in [-0.2, -0.15) is 0 Å². The first-order valence-electron chi connectivity index (χ1n) is 5.54. The molecule has 1 saturated heterocycles. The Morgan fingerprint density at radius 2 is 2.00 bits per heavy atom. The number of hydrogen-bond donors (Lipinski definition) is 0. The van der Waals surface area contributed by atoms with E-state index in [0.717, 1.165) is 0 Å². The molecule has 84 valence electrons. The predicted molar refractivity (Wildman–Crippen MR) is 61.3 cm³/mol. The minimum Gasteiger partial charge on any atom is -0.438 e. The number of esters is 1. The summed E-state index contributed by atoms with van der Waals surface area (Å²) in [5, 5.41) is 0. The zero-order chi connectivity index (χ0) is 11.6. The van der Waals surface area contributed by atoms with Gasteiger partial charge in [0, 0.05) is 12.7 Å². The van der Waals surface area contributed by atoms with E-state index in [1.165, 1.54) is 11.3 Å². The fourth-order valence-electron chi connectivity index (χ4n) is 3.07. The minimum absolute atomic E-state index is 0.105. The van der Waals surface area contributed by atoms with Crippen LogP contribution >= 0.6 is 0 Å². The summed E-state index contributed by atoms with van der Waals surface area (Å²) in [4.78, 5) is 13.7. The molecule has 3 nitrogen and oxygen atoms in total. The lowest BCUT2D eigenvalue weighted by molar-refractivity contribution is -0.147. The molecule has 0 aliphatic carbocycles. The first-order valence-corrected chi connectivity index (χ1v) is 5.54. The van der Waals surface area contributed by atoms with Crippen LogP contribution in [0.3, 0.4) is 0 Å². The van der Waals surface area contributed by atoms with Crippen LogP contribution in [-0.2, 0) is 14.9 Å². The Balaban J connectivity index is 2.27. The summed E-state index contributed by atoms with van der Waals surface area (Å²) < 4.78 is 5.56. The lowest BCUT2D eigenvalue weighted by atomic mass is 9.76. The average Bonchev–Trinajstić information content (AvgIpc) is 2.57. The molecule has 0 spiro atoms. The van der Waals surface area contributed by atoms with E-state index >= 15 is 0 Å². The molecule has 0 N–H and O–H groups in total. The fourth-order valence-corrected chi connectivity index (χ4v) is 3.07. The number of para-hydroxylation sites is 1. The third-order valence-corrected chi connectivity index (χ3v) is 4.33. The van der Waals surface area contributed by atoms with Crippen molar-refractivity contribution in [2.45, 2.75) is 31.4 Å². The zero-order valence-electron chi connectivity index (χ0n) is 9.78. The Kier molecular flexibility index (Phi) is 1.57. The van der Waals surface area contributed by atoms with E-state index in [2.05, 4.69) is 24.0 Å².